The van der Waals surface area contributed by atoms with E-state index in [1.54, 1.807) is 6.92 Å². The number of hydrogen-bond acceptors (Lipinski definition) is 4. The summed E-state index contributed by atoms with van der Waals surface area (Å²) in [5, 5.41) is 0. The summed E-state index contributed by atoms with van der Waals surface area (Å²) in [6, 6.07) is 9.71. The van der Waals surface area contributed by atoms with Crippen molar-refractivity contribution in [1.29, 1.82) is 0 Å². The standard InChI is InChI=1S/C10H13N3O/c1-7(14)9-10(12-13-11-9)8-5-3-2-4-6-8/h2-6,9-13H,1H3. The number of benzene rings is 1. The summed E-state index contributed by atoms with van der Waals surface area (Å²) >= 11 is 0. The zero-order valence-electron chi connectivity index (χ0n) is 7.95. The molecular formula is C10H13N3O. The fraction of sp³-hybridized carbons (Fsp3) is 0.300. The molecule has 1 aliphatic rings. The maximum absolute atomic E-state index is 11.3. The van der Waals surface area contributed by atoms with E-state index >= 15 is 0 Å². The average molecular weight is 191 g/mol. The van der Waals surface area contributed by atoms with Gasteiger partial charge < -0.3 is 0 Å². The minimum atomic E-state index is -0.197. The fourth-order valence-corrected chi connectivity index (χ4v) is 1.64. The molecule has 0 amide bonds. The van der Waals surface area contributed by atoms with Crippen LogP contribution in [0, 0.1) is 0 Å². The minimum absolute atomic E-state index is 0.00806. The van der Waals surface area contributed by atoms with Crippen molar-refractivity contribution in [1.82, 2.24) is 16.4 Å². The molecule has 1 aromatic rings. The first-order valence-corrected chi connectivity index (χ1v) is 4.60. The van der Waals surface area contributed by atoms with Gasteiger partial charge in [0.15, 0.2) is 0 Å². The van der Waals surface area contributed by atoms with Gasteiger partial charge in [-0.3, -0.25) is 4.79 Å². The number of carbonyl (C=O) groups is 1. The minimum Gasteiger partial charge on any atom is -0.298 e. The first kappa shape index (κ1) is 9.33. The SMILES string of the molecule is CC(=O)C1NNNC1c1ccccc1. The highest BCUT2D eigenvalue weighted by atomic mass is 16.1. The zero-order valence-corrected chi connectivity index (χ0v) is 7.95. The lowest BCUT2D eigenvalue weighted by molar-refractivity contribution is -0.119. The molecule has 1 saturated heterocycles. The van der Waals surface area contributed by atoms with Crippen LogP contribution in [0.25, 0.3) is 0 Å². The lowest BCUT2D eigenvalue weighted by Crippen LogP contribution is -2.37. The van der Waals surface area contributed by atoms with Crippen molar-refractivity contribution in [2.45, 2.75) is 19.0 Å². The highest BCUT2D eigenvalue weighted by Crippen LogP contribution is 2.18. The summed E-state index contributed by atoms with van der Waals surface area (Å²) in [7, 11) is 0. The molecule has 0 aromatic heterocycles. The summed E-state index contributed by atoms with van der Waals surface area (Å²) in [5.74, 6) is 0.122. The number of rotatable bonds is 2. The Kier molecular flexibility index (Phi) is 2.58. The van der Waals surface area contributed by atoms with Crippen molar-refractivity contribution < 1.29 is 4.79 Å². The molecule has 0 spiro atoms. The molecular weight excluding hydrogens is 178 g/mol. The first-order valence-electron chi connectivity index (χ1n) is 4.60. The number of carbonyl (C=O) groups excluding carboxylic acids is 1. The fourth-order valence-electron chi connectivity index (χ4n) is 1.64. The Hall–Kier alpha value is -1.23. The molecule has 2 unspecified atom stereocenters. The van der Waals surface area contributed by atoms with E-state index in [1.807, 2.05) is 30.3 Å². The molecule has 4 nitrogen and oxygen atoms in total. The van der Waals surface area contributed by atoms with Gasteiger partial charge in [0, 0.05) is 0 Å². The third-order valence-electron chi connectivity index (χ3n) is 2.39. The van der Waals surface area contributed by atoms with Gasteiger partial charge in [0.25, 0.3) is 0 Å². The molecule has 14 heavy (non-hydrogen) atoms. The maximum Gasteiger partial charge on any atom is 0.150 e. The van der Waals surface area contributed by atoms with E-state index in [0.29, 0.717) is 0 Å². The Morgan fingerprint density at radius 2 is 1.93 bits per heavy atom. The van der Waals surface area contributed by atoms with Gasteiger partial charge in [0.2, 0.25) is 0 Å². The second-order valence-corrected chi connectivity index (χ2v) is 3.39. The second kappa shape index (κ2) is 3.88. The van der Waals surface area contributed by atoms with Gasteiger partial charge in [-0.25, -0.2) is 10.9 Å². The third-order valence-corrected chi connectivity index (χ3v) is 2.39. The van der Waals surface area contributed by atoms with Gasteiger partial charge in [-0.15, -0.1) is 0 Å². The lowest BCUT2D eigenvalue weighted by Gasteiger charge is -2.15. The quantitative estimate of drug-likeness (QED) is 0.629. The van der Waals surface area contributed by atoms with Crippen molar-refractivity contribution in [2.75, 3.05) is 0 Å². The van der Waals surface area contributed by atoms with Gasteiger partial charge in [-0.05, 0) is 12.5 Å². The molecule has 0 aliphatic carbocycles. The second-order valence-electron chi connectivity index (χ2n) is 3.39. The van der Waals surface area contributed by atoms with Gasteiger partial charge in [-0.2, -0.15) is 5.53 Å². The van der Waals surface area contributed by atoms with E-state index in [1.165, 1.54) is 0 Å². The molecule has 1 heterocycles. The van der Waals surface area contributed by atoms with Crippen molar-refractivity contribution >= 4 is 5.78 Å². The number of ketones is 1. The highest BCUT2D eigenvalue weighted by molar-refractivity contribution is 5.82. The molecule has 1 aliphatic heterocycles. The number of hydrogen-bond donors (Lipinski definition) is 3. The number of Topliss-reactive ketones (excluding diaryl/α,β-unsaturated/α-hetero) is 1. The average Bonchev–Trinajstić information content (AvgIpc) is 2.67. The van der Waals surface area contributed by atoms with Crippen LogP contribution in [-0.4, -0.2) is 11.8 Å². The predicted octanol–water partition coefficient (Wildman–Crippen LogP) is 0.298. The lowest BCUT2D eigenvalue weighted by atomic mass is 9.98. The molecule has 2 rings (SSSR count). The van der Waals surface area contributed by atoms with Crippen LogP contribution in [0.4, 0.5) is 0 Å². The highest BCUT2D eigenvalue weighted by Gasteiger charge is 2.30. The molecule has 0 saturated carbocycles. The van der Waals surface area contributed by atoms with Gasteiger partial charge in [0.05, 0.1) is 6.04 Å². The normalized spacial score (nSPS) is 26.4. The van der Waals surface area contributed by atoms with E-state index in [-0.39, 0.29) is 17.9 Å². The Balaban J connectivity index is 2.22. The summed E-state index contributed by atoms with van der Waals surface area (Å²) in [6.07, 6.45) is 0. The largest absolute Gasteiger partial charge is 0.298 e. The Bertz CT molecular complexity index is 325. The molecule has 74 valence electrons. The molecule has 2 atom stereocenters. The van der Waals surface area contributed by atoms with Gasteiger partial charge >= 0.3 is 0 Å². The molecule has 1 aromatic carbocycles. The van der Waals surface area contributed by atoms with Gasteiger partial charge in [0.1, 0.15) is 11.8 Å². The summed E-state index contributed by atoms with van der Waals surface area (Å²) in [5.41, 5.74) is 9.80. The van der Waals surface area contributed by atoms with E-state index in [4.69, 9.17) is 0 Å². The van der Waals surface area contributed by atoms with Gasteiger partial charge in [-0.1, -0.05) is 30.3 Å². The van der Waals surface area contributed by atoms with E-state index in [0.717, 1.165) is 5.56 Å². The topological polar surface area (TPSA) is 53.2 Å². The van der Waals surface area contributed by atoms with Crippen LogP contribution in [-0.2, 0) is 4.79 Å². The van der Waals surface area contributed by atoms with Crippen LogP contribution in [0.3, 0.4) is 0 Å². The molecule has 0 radical (unpaired) electrons. The number of hydrazine groups is 2. The van der Waals surface area contributed by atoms with E-state index < -0.39 is 0 Å². The summed E-state index contributed by atoms with van der Waals surface area (Å²) in [6.45, 7) is 1.59. The van der Waals surface area contributed by atoms with Crippen LogP contribution >= 0.6 is 0 Å². The van der Waals surface area contributed by atoms with E-state index in [2.05, 4.69) is 16.4 Å². The Labute approximate surface area is 82.6 Å². The van der Waals surface area contributed by atoms with Crippen LogP contribution in [0.2, 0.25) is 0 Å². The van der Waals surface area contributed by atoms with Crippen molar-refractivity contribution in [3.05, 3.63) is 35.9 Å². The van der Waals surface area contributed by atoms with Crippen molar-refractivity contribution in [2.24, 2.45) is 0 Å². The summed E-state index contributed by atoms with van der Waals surface area (Å²) < 4.78 is 0. The van der Waals surface area contributed by atoms with Crippen molar-refractivity contribution in [3.8, 4) is 0 Å². The van der Waals surface area contributed by atoms with Crippen LogP contribution in [0.5, 0.6) is 0 Å². The zero-order chi connectivity index (χ0) is 9.97. The predicted molar refractivity (Wildman–Crippen MR) is 53.1 cm³/mol. The Morgan fingerprint density at radius 3 is 2.57 bits per heavy atom. The van der Waals surface area contributed by atoms with Crippen LogP contribution < -0.4 is 16.4 Å². The molecule has 1 fully saturated rings. The monoisotopic (exact) mass is 191 g/mol. The van der Waals surface area contributed by atoms with Crippen LogP contribution in [0.1, 0.15) is 18.5 Å². The number of nitrogens with one attached hydrogen (secondary N) is 3. The smallest absolute Gasteiger partial charge is 0.150 e. The van der Waals surface area contributed by atoms with Crippen LogP contribution in [0.15, 0.2) is 30.3 Å². The van der Waals surface area contributed by atoms with Crippen molar-refractivity contribution in [3.63, 3.8) is 0 Å². The molecule has 4 heteroatoms. The third kappa shape index (κ3) is 1.68. The first-order chi connectivity index (χ1) is 6.79. The molecule has 0 bridgehead atoms. The molecule has 3 N–H and O–H groups in total. The van der Waals surface area contributed by atoms with E-state index in [9.17, 15) is 4.79 Å². The maximum atomic E-state index is 11.3. The summed E-state index contributed by atoms with van der Waals surface area (Å²) in [4.78, 5) is 11.3. The Morgan fingerprint density at radius 1 is 1.21 bits per heavy atom.